The Kier molecular flexibility index (Phi) is 5.64. The van der Waals surface area contributed by atoms with Crippen molar-refractivity contribution < 1.29 is 13.2 Å². The van der Waals surface area contributed by atoms with E-state index in [1.165, 1.54) is 0 Å². The minimum Gasteiger partial charge on any atom is -0.341 e. The van der Waals surface area contributed by atoms with E-state index >= 15 is 0 Å². The number of rotatable bonds is 8. The fourth-order valence-corrected chi connectivity index (χ4v) is 4.47. The van der Waals surface area contributed by atoms with Crippen molar-refractivity contribution >= 4 is 15.7 Å². The molecular weight excluding hydrogens is 274 g/mol. The van der Waals surface area contributed by atoms with Gasteiger partial charge in [0.15, 0.2) is 9.84 Å². The Morgan fingerprint density at radius 3 is 2.05 bits per heavy atom. The quantitative estimate of drug-likeness (QED) is 0.692. The van der Waals surface area contributed by atoms with Gasteiger partial charge in [-0.2, -0.15) is 0 Å². The molecular formula is C15H29NO3S. The maximum absolute atomic E-state index is 12.7. The molecule has 0 aliphatic heterocycles. The van der Waals surface area contributed by atoms with Gasteiger partial charge in [0.25, 0.3) is 0 Å². The third kappa shape index (κ3) is 3.35. The molecule has 1 aliphatic rings. The van der Waals surface area contributed by atoms with Crippen LogP contribution in [0.5, 0.6) is 0 Å². The normalized spacial score (nSPS) is 16.5. The van der Waals surface area contributed by atoms with Crippen molar-refractivity contribution in [2.75, 3.05) is 13.1 Å². The van der Waals surface area contributed by atoms with Gasteiger partial charge in [0.2, 0.25) is 5.91 Å². The molecule has 0 atom stereocenters. The molecule has 0 aromatic carbocycles. The molecule has 1 fully saturated rings. The number of amides is 1. The predicted octanol–water partition coefficient (Wildman–Crippen LogP) is 2.63. The molecule has 4 nitrogen and oxygen atoms in total. The van der Waals surface area contributed by atoms with Crippen LogP contribution < -0.4 is 0 Å². The molecule has 20 heavy (non-hydrogen) atoms. The SMILES string of the molecule is CCC(CC)CN(CC)C(=O)C(C)(C)S(=O)(=O)C1CC1. The van der Waals surface area contributed by atoms with E-state index in [9.17, 15) is 13.2 Å². The topological polar surface area (TPSA) is 54.5 Å². The van der Waals surface area contributed by atoms with Crippen LogP contribution in [0.25, 0.3) is 0 Å². The summed E-state index contributed by atoms with van der Waals surface area (Å²) in [6.45, 7) is 10.5. The molecule has 0 bridgehead atoms. The first-order valence-electron chi connectivity index (χ1n) is 7.75. The number of hydrogen-bond acceptors (Lipinski definition) is 3. The van der Waals surface area contributed by atoms with Crippen molar-refractivity contribution in [3.05, 3.63) is 0 Å². The lowest BCUT2D eigenvalue weighted by Gasteiger charge is -2.33. The third-order valence-corrected chi connectivity index (χ3v) is 7.44. The molecule has 1 saturated carbocycles. The van der Waals surface area contributed by atoms with Gasteiger partial charge in [0, 0.05) is 13.1 Å². The minimum absolute atomic E-state index is 0.237. The van der Waals surface area contributed by atoms with Crippen molar-refractivity contribution in [2.24, 2.45) is 5.92 Å². The van der Waals surface area contributed by atoms with Gasteiger partial charge in [-0.15, -0.1) is 0 Å². The van der Waals surface area contributed by atoms with Crippen LogP contribution in [0.1, 0.15) is 60.3 Å². The Morgan fingerprint density at radius 1 is 1.20 bits per heavy atom. The van der Waals surface area contributed by atoms with Crippen molar-refractivity contribution in [2.45, 2.75) is 70.3 Å². The van der Waals surface area contributed by atoms with Crippen molar-refractivity contribution in [3.63, 3.8) is 0 Å². The fraction of sp³-hybridized carbons (Fsp3) is 0.933. The number of hydrogen-bond donors (Lipinski definition) is 0. The standard InChI is InChI=1S/C15H29NO3S/c1-6-12(7-2)11-16(8-3)14(17)15(4,5)20(18,19)13-9-10-13/h12-13H,6-11H2,1-5H3. The molecule has 0 N–H and O–H groups in total. The maximum Gasteiger partial charge on any atom is 0.243 e. The highest BCUT2D eigenvalue weighted by molar-refractivity contribution is 7.94. The molecule has 118 valence electrons. The average molecular weight is 303 g/mol. The van der Waals surface area contributed by atoms with Gasteiger partial charge in [-0.3, -0.25) is 4.79 Å². The predicted molar refractivity (Wildman–Crippen MR) is 82.3 cm³/mol. The highest BCUT2D eigenvalue weighted by Crippen LogP contribution is 2.37. The summed E-state index contributed by atoms with van der Waals surface area (Å²) in [6, 6.07) is 0. The Labute approximate surface area is 123 Å². The van der Waals surface area contributed by atoms with Crippen molar-refractivity contribution in [1.82, 2.24) is 4.90 Å². The van der Waals surface area contributed by atoms with Crippen molar-refractivity contribution in [1.29, 1.82) is 0 Å². The van der Waals surface area contributed by atoms with Gasteiger partial charge in [-0.25, -0.2) is 8.42 Å². The molecule has 0 spiro atoms. The van der Waals surface area contributed by atoms with Gasteiger partial charge < -0.3 is 4.90 Å². The lowest BCUT2D eigenvalue weighted by molar-refractivity contribution is -0.133. The Morgan fingerprint density at radius 2 is 1.70 bits per heavy atom. The second kappa shape index (κ2) is 6.46. The van der Waals surface area contributed by atoms with E-state index in [0.717, 1.165) is 12.8 Å². The molecule has 0 radical (unpaired) electrons. The summed E-state index contributed by atoms with van der Waals surface area (Å²) in [7, 11) is -3.36. The first-order valence-corrected chi connectivity index (χ1v) is 9.29. The van der Waals surface area contributed by atoms with Gasteiger partial charge in [0.1, 0.15) is 4.75 Å². The summed E-state index contributed by atoms with van der Waals surface area (Å²) in [5, 5.41) is -0.298. The maximum atomic E-state index is 12.7. The molecule has 5 heteroatoms. The smallest absolute Gasteiger partial charge is 0.243 e. The van der Waals surface area contributed by atoms with Crippen LogP contribution in [0.15, 0.2) is 0 Å². The number of carbonyl (C=O) groups excluding carboxylic acids is 1. The van der Waals surface area contributed by atoms with Crippen LogP contribution in [0.2, 0.25) is 0 Å². The number of nitrogens with zero attached hydrogens (tertiary/aromatic N) is 1. The highest BCUT2D eigenvalue weighted by Gasteiger charge is 2.51. The molecule has 1 amide bonds. The summed E-state index contributed by atoms with van der Waals surface area (Å²) in [4.78, 5) is 14.4. The zero-order chi connectivity index (χ0) is 15.6. The summed E-state index contributed by atoms with van der Waals surface area (Å²) < 4.78 is 23.6. The summed E-state index contributed by atoms with van der Waals surface area (Å²) in [5.74, 6) is 0.206. The zero-order valence-electron chi connectivity index (χ0n) is 13.5. The van der Waals surface area contributed by atoms with E-state index < -0.39 is 14.6 Å². The average Bonchev–Trinajstić information content (AvgIpc) is 3.24. The second-order valence-corrected chi connectivity index (χ2v) is 9.06. The summed E-state index contributed by atoms with van der Waals surface area (Å²) >= 11 is 0. The zero-order valence-corrected chi connectivity index (χ0v) is 14.3. The number of sulfone groups is 1. The second-order valence-electron chi connectivity index (χ2n) is 6.28. The van der Waals surface area contributed by atoms with E-state index in [1.807, 2.05) is 6.92 Å². The van der Waals surface area contributed by atoms with E-state index in [2.05, 4.69) is 13.8 Å². The largest absolute Gasteiger partial charge is 0.341 e. The van der Waals surface area contributed by atoms with Crippen LogP contribution >= 0.6 is 0 Å². The third-order valence-electron chi connectivity index (χ3n) is 4.49. The summed E-state index contributed by atoms with van der Waals surface area (Å²) in [6.07, 6.45) is 3.43. The van der Waals surface area contributed by atoms with Gasteiger partial charge >= 0.3 is 0 Å². The Bertz CT molecular complexity index is 434. The first-order chi connectivity index (χ1) is 9.22. The summed E-state index contributed by atoms with van der Waals surface area (Å²) in [5.41, 5.74) is 0. The van der Waals surface area contributed by atoms with Gasteiger partial charge in [-0.05, 0) is 39.5 Å². The molecule has 1 rings (SSSR count). The van der Waals surface area contributed by atoms with E-state index in [-0.39, 0.29) is 11.2 Å². The first kappa shape index (κ1) is 17.5. The van der Waals surface area contributed by atoms with E-state index in [0.29, 0.717) is 31.8 Å². The lowest BCUT2D eigenvalue weighted by Crippen LogP contribution is -2.52. The highest BCUT2D eigenvalue weighted by atomic mass is 32.2. The van der Waals surface area contributed by atoms with Crippen LogP contribution in [0, 0.1) is 5.92 Å². The lowest BCUT2D eigenvalue weighted by atomic mass is 10.0. The van der Waals surface area contributed by atoms with Gasteiger partial charge in [-0.1, -0.05) is 26.7 Å². The molecule has 0 aromatic heterocycles. The monoisotopic (exact) mass is 303 g/mol. The molecule has 0 saturated heterocycles. The van der Waals surface area contributed by atoms with E-state index in [1.54, 1.807) is 18.7 Å². The molecule has 0 unspecified atom stereocenters. The Hall–Kier alpha value is -0.580. The molecule has 0 heterocycles. The Balaban J connectivity index is 2.89. The van der Waals surface area contributed by atoms with Crippen LogP contribution in [0.3, 0.4) is 0 Å². The fourth-order valence-electron chi connectivity index (χ4n) is 2.51. The van der Waals surface area contributed by atoms with Crippen LogP contribution in [-0.4, -0.2) is 42.3 Å². The van der Waals surface area contributed by atoms with Crippen LogP contribution in [0.4, 0.5) is 0 Å². The minimum atomic E-state index is -3.36. The van der Waals surface area contributed by atoms with Crippen molar-refractivity contribution in [3.8, 4) is 0 Å². The molecule has 1 aliphatic carbocycles. The van der Waals surface area contributed by atoms with Crippen LogP contribution in [-0.2, 0) is 14.6 Å². The van der Waals surface area contributed by atoms with Gasteiger partial charge in [0.05, 0.1) is 5.25 Å². The molecule has 0 aromatic rings. The van der Waals surface area contributed by atoms with E-state index in [4.69, 9.17) is 0 Å². The number of carbonyl (C=O) groups is 1.